The smallest absolute Gasteiger partial charge is 0.248 e. The predicted molar refractivity (Wildman–Crippen MR) is 106 cm³/mol. The molecule has 2 heterocycles. The van der Waals surface area contributed by atoms with Gasteiger partial charge in [0.2, 0.25) is 5.91 Å². The molecule has 1 amide bonds. The number of nitrogens with zero attached hydrogens (tertiary/aromatic N) is 2. The molecule has 0 radical (unpaired) electrons. The average molecular weight is 361 g/mol. The van der Waals surface area contributed by atoms with Crippen LogP contribution in [0.4, 0.5) is 5.69 Å². The number of fused-ring (bicyclic) bond motifs is 2. The summed E-state index contributed by atoms with van der Waals surface area (Å²) in [6, 6.07) is 15.2. The van der Waals surface area contributed by atoms with E-state index in [2.05, 4.69) is 15.3 Å². The van der Waals surface area contributed by atoms with Gasteiger partial charge in [-0.15, -0.1) is 11.3 Å². The van der Waals surface area contributed by atoms with E-state index in [0.717, 1.165) is 20.6 Å². The molecule has 4 aromatic rings. The number of pyridine rings is 1. The van der Waals surface area contributed by atoms with Crippen molar-refractivity contribution in [1.29, 1.82) is 0 Å². The Morgan fingerprint density at radius 3 is 2.88 bits per heavy atom. The third-order valence-corrected chi connectivity index (χ3v) is 4.90. The van der Waals surface area contributed by atoms with Crippen LogP contribution in [0.2, 0.25) is 0 Å². The highest BCUT2D eigenvalue weighted by Gasteiger charge is 2.09. The monoisotopic (exact) mass is 361 g/mol. The Hall–Kier alpha value is -3.25. The first-order valence-electron chi connectivity index (χ1n) is 8.01. The van der Waals surface area contributed by atoms with E-state index in [1.165, 1.54) is 6.08 Å². The zero-order valence-electron chi connectivity index (χ0n) is 14.0. The van der Waals surface area contributed by atoms with Crippen molar-refractivity contribution in [2.24, 2.45) is 0 Å². The first-order valence-corrected chi connectivity index (χ1v) is 8.82. The van der Waals surface area contributed by atoms with Crippen molar-refractivity contribution in [3.05, 3.63) is 65.8 Å². The third-order valence-electron chi connectivity index (χ3n) is 3.90. The van der Waals surface area contributed by atoms with Crippen molar-refractivity contribution < 1.29 is 9.53 Å². The Morgan fingerprint density at radius 1 is 1.15 bits per heavy atom. The molecular formula is C20H15N3O2S. The van der Waals surface area contributed by atoms with Crippen LogP contribution in [0.15, 0.2) is 60.8 Å². The number of carbonyl (C=O) groups is 1. The number of ether oxygens (including phenoxy) is 1. The molecule has 0 atom stereocenters. The van der Waals surface area contributed by atoms with Gasteiger partial charge in [-0.25, -0.2) is 4.98 Å². The largest absolute Gasteiger partial charge is 0.494 e. The lowest BCUT2D eigenvalue weighted by molar-refractivity contribution is -0.111. The number of carbonyl (C=O) groups excluding carboxylic acids is 1. The highest BCUT2D eigenvalue weighted by atomic mass is 32.1. The summed E-state index contributed by atoms with van der Waals surface area (Å²) in [5.74, 6) is 0.447. The van der Waals surface area contributed by atoms with Gasteiger partial charge in [-0.1, -0.05) is 12.1 Å². The minimum Gasteiger partial charge on any atom is -0.494 e. The third kappa shape index (κ3) is 3.14. The zero-order chi connectivity index (χ0) is 17.9. The molecule has 0 bridgehead atoms. The molecule has 4 rings (SSSR count). The van der Waals surface area contributed by atoms with Crippen molar-refractivity contribution in [2.45, 2.75) is 0 Å². The van der Waals surface area contributed by atoms with Gasteiger partial charge in [0.25, 0.3) is 0 Å². The van der Waals surface area contributed by atoms with E-state index in [0.29, 0.717) is 17.0 Å². The van der Waals surface area contributed by atoms with E-state index in [1.807, 2.05) is 42.5 Å². The van der Waals surface area contributed by atoms with Crippen molar-refractivity contribution in [1.82, 2.24) is 9.97 Å². The number of nitrogens with one attached hydrogen (secondary N) is 1. The van der Waals surface area contributed by atoms with Gasteiger partial charge in [0.05, 0.1) is 23.0 Å². The van der Waals surface area contributed by atoms with Gasteiger partial charge < -0.3 is 10.1 Å². The van der Waals surface area contributed by atoms with Crippen molar-refractivity contribution in [2.75, 3.05) is 12.4 Å². The lowest BCUT2D eigenvalue weighted by atomic mass is 10.1. The number of para-hydroxylation sites is 1. The molecule has 0 aliphatic carbocycles. The van der Waals surface area contributed by atoms with E-state index in [1.54, 1.807) is 36.8 Å². The van der Waals surface area contributed by atoms with E-state index < -0.39 is 0 Å². The van der Waals surface area contributed by atoms with Crippen LogP contribution < -0.4 is 10.1 Å². The molecule has 6 heteroatoms. The van der Waals surface area contributed by atoms with E-state index in [4.69, 9.17) is 4.74 Å². The molecular weight excluding hydrogens is 346 g/mol. The molecule has 128 valence electrons. The molecule has 0 saturated carbocycles. The molecule has 0 unspecified atom stereocenters. The normalized spacial score (nSPS) is 11.3. The number of methoxy groups -OCH3 is 1. The quantitative estimate of drug-likeness (QED) is 0.543. The average Bonchev–Trinajstić information content (AvgIpc) is 3.10. The number of anilines is 1. The Bertz CT molecular complexity index is 1100. The van der Waals surface area contributed by atoms with Crippen LogP contribution in [0.3, 0.4) is 0 Å². The predicted octanol–water partition coefficient (Wildman–Crippen LogP) is 4.51. The van der Waals surface area contributed by atoms with Crippen LogP contribution in [-0.2, 0) is 4.79 Å². The highest BCUT2D eigenvalue weighted by Crippen LogP contribution is 2.29. The van der Waals surface area contributed by atoms with Crippen LogP contribution in [0.5, 0.6) is 5.75 Å². The fourth-order valence-corrected chi connectivity index (χ4v) is 3.57. The molecule has 0 spiro atoms. The second kappa shape index (κ2) is 6.93. The Morgan fingerprint density at radius 2 is 2.04 bits per heavy atom. The Kier molecular flexibility index (Phi) is 4.33. The SMILES string of the molecule is COc1ccc(NC(=O)/C=C/c2nc3ccccc3s2)c2cccnc12. The van der Waals surface area contributed by atoms with Crippen molar-refractivity contribution in [3.63, 3.8) is 0 Å². The number of aromatic nitrogens is 2. The summed E-state index contributed by atoms with van der Waals surface area (Å²) in [4.78, 5) is 21.2. The fraction of sp³-hybridized carbons (Fsp3) is 0.0500. The first-order chi connectivity index (χ1) is 12.7. The van der Waals surface area contributed by atoms with Crippen molar-refractivity contribution in [3.8, 4) is 5.75 Å². The van der Waals surface area contributed by atoms with E-state index >= 15 is 0 Å². The number of amides is 1. The summed E-state index contributed by atoms with van der Waals surface area (Å²) in [7, 11) is 1.60. The van der Waals surface area contributed by atoms with Gasteiger partial charge in [0.1, 0.15) is 16.3 Å². The maximum Gasteiger partial charge on any atom is 0.248 e. The minimum atomic E-state index is -0.223. The summed E-state index contributed by atoms with van der Waals surface area (Å²) in [6.45, 7) is 0. The molecule has 2 aromatic heterocycles. The number of benzene rings is 2. The second-order valence-corrected chi connectivity index (χ2v) is 6.62. The lowest BCUT2D eigenvalue weighted by Crippen LogP contribution is -2.08. The molecule has 0 aliphatic heterocycles. The van der Waals surface area contributed by atoms with Crippen LogP contribution in [0.1, 0.15) is 5.01 Å². The van der Waals surface area contributed by atoms with Crippen LogP contribution in [0.25, 0.3) is 27.2 Å². The summed E-state index contributed by atoms with van der Waals surface area (Å²) in [5, 5.41) is 4.52. The number of hydrogen-bond acceptors (Lipinski definition) is 5. The molecule has 5 nitrogen and oxygen atoms in total. The van der Waals surface area contributed by atoms with Gasteiger partial charge in [0, 0.05) is 17.7 Å². The van der Waals surface area contributed by atoms with Gasteiger partial charge >= 0.3 is 0 Å². The zero-order valence-corrected chi connectivity index (χ0v) is 14.8. The first kappa shape index (κ1) is 16.2. The maximum atomic E-state index is 12.3. The van der Waals surface area contributed by atoms with Gasteiger partial charge in [-0.3, -0.25) is 9.78 Å². The molecule has 0 saturated heterocycles. The van der Waals surface area contributed by atoms with Gasteiger partial charge in [-0.2, -0.15) is 0 Å². The molecule has 0 fully saturated rings. The summed E-state index contributed by atoms with van der Waals surface area (Å²) in [6.07, 6.45) is 4.91. The summed E-state index contributed by atoms with van der Waals surface area (Å²) < 4.78 is 6.42. The molecule has 1 N–H and O–H groups in total. The minimum absolute atomic E-state index is 0.223. The number of thiazole rings is 1. The molecule has 26 heavy (non-hydrogen) atoms. The number of hydrogen-bond donors (Lipinski definition) is 1. The number of rotatable bonds is 4. The summed E-state index contributed by atoms with van der Waals surface area (Å²) in [5.41, 5.74) is 2.33. The highest BCUT2D eigenvalue weighted by molar-refractivity contribution is 7.19. The fourth-order valence-electron chi connectivity index (χ4n) is 2.70. The maximum absolute atomic E-state index is 12.3. The van der Waals surface area contributed by atoms with Crippen LogP contribution >= 0.6 is 11.3 Å². The van der Waals surface area contributed by atoms with Gasteiger partial charge in [-0.05, 0) is 42.5 Å². The van der Waals surface area contributed by atoms with E-state index in [9.17, 15) is 4.79 Å². The van der Waals surface area contributed by atoms with Crippen LogP contribution in [-0.4, -0.2) is 23.0 Å². The van der Waals surface area contributed by atoms with E-state index in [-0.39, 0.29) is 5.91 Å². The molecule has 2 aromatic carbocycles. The van der Waals surface area contributed by atoms with Gasteiger partial charge in [0.15, 0.2) is 0 Å². The molecule has 0 aliphatic rings. The summed E-state index contributed by atoms with van der Waals surface area (Å²) >= 11 is 1.55. The van der Waals surface area contributed by atoms with Crippen LogP contribution in [0, 0.1) is 0 Å². The Balaban J connectivity index is 1.57. The topological polar surface area (TPSA) is 64.1 Å². The van der Waals surface area contributed by atoms with Crippen molar-refractivity contribution >= 4 is 50.1 Å². The second-order valence-electron chi connectivity index (χ2n) is 5.56. The lowest BCUT2D eigenvalue weighted by Gasteiger charge is -2.09. The standard InChI is InChI=1S/C20H15N3O2S/c1-25-16-9-8-14(13-5-4-12-21-20(13)16)22-18(24)10-11-19-23-15-6-2-3-7-17(15)26-19/h2-12H,1H3,(H,22,24)/b11-10+. The Labute approximate surface area is 154 Å².